The Morgan fingerprint density at radius 2 is 2.15 bits per heavy atom. The Balaban J connectivity index is 3.15. The van der Waals surface area contributed by atoms with Gasteiger partial charge in [0.05, 0.1) is 5.56 Å². The van der Waals surface area contributed by atoms with Gasteiger partial charge in [-0.15, -0.1) is 0 Å². The first-order chi connectivity index (χ1) is 6.19. The third-order valence-electron chi connectivity index (χ3n) is 1.85. The summed E-state index contributed by atoms with van der Waals surface area (Å²) in [5.74, 6) is 0. The molecule has 70 valence electrons. The van der Waals surface area contributed by atoms with E-state index in [9.17, 15) is 4.79 Å². The molecule has 1 aromatic rings. The topological polar surface area (TPSA) is 29.1 Å². The zero-order chi connectivity index (χ0) is 9.84. The SMILES string of the molecule is CNc1ccc(C)cc1C(=O)SC. The summed E-state index contributed by atoms with van der Waals surface area (Å²) in [5, 5.41) is 3.11. The van der Waals surface area contributed by atoms with E-state index in [1.165, 1.54) is 11.8 Å². The largest absolute Gasteiger partial charge is 0.388 e. The third kappa shape index (κ3) is 2.25. The second-order valence-electron chi connectivity index (χ2n) is 2.79. The van der Waals surface area contributed by atoms with E-state index >= 15 is 0 Å². The molecule has 0 amide bonds. The number of anilines is 1. The van der Waals surface area contributed by atoms with Crippen molar-refractivity contribution >= 4 is 22.6 Å². The molecule has 0 aliphatic rings. The van der Waals surface area contributed by atoms with Crippen LogP contribution in [-0.2, 0) is 0 Å². The summed E-state index contributed by atoms with van der Waals surface area (Å²) in [5.41, 5.74) is 2.76. The van der Waals surface area contributed by atoms with Crippen molar-refractivity contribution in [3.63, 3.8) is 0 Å². The van der Waals surface area contributed by atoms with E-state index in [0.717, 1.165) is 16.8 Å². The van der Waals surface area contributed by atoms with Gasteiger partial charge >= 0.3 is 0 Å². The fourth-order valence-corrected chi connectivity index (χ4v) is 1.54. The lowest BCUT2D eigenvalue weighted by molar-refractivity contribution is 0.109. The fourth-order valence-electron chi connectivity index (χ4n) is 1.15. The highest BCUT2D eigenvalue weighted by Gasteiger charge is 2.08. The van der Waals surface area contributed by atoms with Crippen molar-refractivity contribution in [2.24, 2.45) is 0 Å². The molecule has 0 aliphatic heterocycles. The van der Waals surface area contributed by atoms with Crippen molar-refractivity contribution < 1.29 is 4.79 Å². The molecule has 13 heavy (non-hydrogen) atoms. The Bertz CT molecular complexity index is 323. The second kappa shape index (κ2) is 4.33. The van der Waals surface area contributed by atoms with Crippen molar-refractivity contribution in [3.8, 4) is 0 Å². The summed E-state index contributed by atoms with van der Waals surface area (Å²) in [7, 11) is 1.82. The lowest BCUT2D eigenvalue weighted by atomic mass is 10.1. The lowest BCUT2D eigenvalue weighted by Gasteiger charge is -2.07. The van der Waals surface area contributed by atoms with Crippen molar-refractivity contribution in [2.45, 2.75) is 6.92 Å². The van der Waals surface area contributed by atoms with E-state index < -0.39 is 0 Å². The molecule has 0 fully saturated rings. The molecule has 0 saturated heterocycles. The Hall–Kier alpha value is -0.960. The molecule has 0 spiro atoms. The first-order valence-corrected chi connectivity index (χ1v) is 5.28. The van der Waals surface area contributed by atoms with Crippen molar-refractivity contribution in [1.29, 1.82) is 0 Å². The molecule has 0 bridgehead atoms. The first kappa shape index (κ1) is 10.1. The number of rotatable bonds is 2. The molecule has 0 aromatic heterocycles. The van der Waals surface area contributed by atoms with Crippen LogP contribution in [0.2, 0.25) is 0 Å². The van der Waals surface area contributed by atoms with Crippen LogP contribution in [-0.4, -0.2) is 18.4 Å². The predicted octanol–water partition coefficient (Wildman–Crippen LogP) is 2.54. The van der Waals surface area contributed by atoms with E-state index in [1.807, 2.05) is 32.2 Å². The van der Waals surface area contributed by atoms with E-state index in [2.05, 4.69) is 5.32 Å². The molecular formula is C10H13NOS. The van der Waals surface area contributed by atoms with Crippen LogP contribution in [0.5, 0.6) is 0 Å². The van der Waals surface area contributed by atoms with Crippen LogP contribution in [0.15, 0.2) is 18.2 Å². The maximum absolute atomic E-state index is 11.5. The van der Waals surface area contributed by atoms with Crippen LogP contribution in [0.1, 0.15) is 15.9 Å². The Labute approximate surface area is 82.7 Å². The number of nitrogens with one attached hydrogen (secondary N) is 1. The highest BCUT2D eigenvalue weighted by molar-refractivity contribution is 8.13. The average Bonchev–Trinajstić information content (AvgIpc) is 2.16. The fraction of sp³-hybridized carbons (Fsp3) is 0.300. The smallest absolute Gasteiger partial charge is 0.221 e. The molecule has 0 saturated carbocycles. The van der Waals surface area contributed by atoms with Crippen LogP contribution in [0.4, 0.5) is 5.69 Å². The molecule has 1 rings (SSSR count). The summed E-state index contributed by atoms with van der Waals surface area (Å²) in [6.07, 6.45) is 1.80. The van der Waals surface area contributed by atoms with Crippen molar-refractivity contribution in [2.75, 3.05) is 18.6 Å². The highest BCUT2D eigenvalue weighted by atomic mass is 32.2. The number of hydrogen-bond donors (Lipinski definition) is 1. The number of carbonyl (C=O) groups excluding carboxylic acids is 1. The van der Waals surface area contributed by atoms with Crippen LogP contribution >= 0.6 is 11.8 Å². The van der Waals surface area contributed by atoms with Crippen LogP contribution < -0.4 is 5.32 Å². The number of benzene rings is 1. The van der Waals surface area contributed by atoms with Crippen molar-refractivity contribution in [3.05, 3.63) is 29.3 Å². The molecule has 1 N–H and O–H groups in total. The summed E-state index contributed by atoms with van der Waals surface area (Å²) in [4.78, 5) is 11.5. The normalized spacial score (nSPS) is 9.77. The number of thioether (sulfide) groups is 1. The van der Waals surface area contributed by atoms with Gasteiger partial charge in [-0.05, 0) is 25.3 Å². The monoisotopic (exact) mass is 195 g/mol. The summed E-state index contributed by atoms with van der Waals surface area (Å²) in [6, 6.07) is 5.83. The van der Waals surface area contributed by atoms with Crippen LogP contribution in [0, 0.1) is 6.92 Å². The Kier molecular flexibility index (Phi) is 3.37. The highest BCUT2D eigenvalue weighted by Crippen LogP contribution is 2.20. The second-order valence-corrected chi connectivity index (χ2v) is 3.57. The maximum atomic E-state index is 11.5. The molecule has 0 radical (unpaired) electrons. The van der Waals surface area contributed by atoms with Gasteiger partial charge in [-0.25, -0.2) is 0 Å². The summed E-state index contributed by atoms with van der Waals surface area (Å²) in [6.45, 7) is 1.98. The van der Waals surface area contributed by atoms with E-state index in [0.29, 0.717) is 0 Å². The molecule has 3 heteroatoms. The molecule has 0 atom stereocenters. The van der Waals surface area contributed by atoms with Gasteiger partial charge in [-0.1, -0.05) is 23.4 Å². The maximum Gasteiger partial charge on any atom is 0.221 e. The van der Waals surface area contributed by atoms with Gasteiger partial charge in [0.2, 0.25) is 5.12 Å². The number of carbonyl (C=O) groups is 1. The zero-order valence-corrected chi connectivity index (χ0v) is 8.87. The number of hydrogen-bond acceptors (Lipinski definition) is 3. The van der Waals surface area contributed by atoms with E-state index in [-0.39, 0.29) is 5.12 Å². The number of aryl methyl sites for hydroxylation is 1. The molecule has 0 unspecified atom stereocenters. The minimum atomic E-state index is 0.105. The minimum Gasteiger partial charge on any atom is -0.388 e. The lowest BCUT2D eigenvalue weighted by Crippen LogP contribution is -2.00. The van der Waals surface area contributed by atoms with E-state index in [1.54, 1.807) is 6.26 Å². The molecule has 1 aromatic carbocycles. The zero-order valence-electron chi connectivity index (χ0n) is 8.05. The van der Waals surface area contributed by atoms with Gasteiger partial charge in [0.1, 0.15) is 0 Å². The Morgan fingerprint density at radius 1 is 1.46 bits per heavy atom. The van der Waals surface area contributed by atoms with Gasteiger partial charge in [0, 0.05) is 12.7 Å². The van der Waals surface area contributed by atoms with Gasteiger partial charge in [0.25, 0.3) is 0 Å². The van der Waals surface area contributed by atoms with Gasteiger partial charge in [-0.3, -0.25) is 4.79 Å². The minimum absolute atomic E-state index is 0.105. The van der Waals surface area contributed by atoms with Crippen LogP contribution in [0.3, 0.4) is 0 Å². The van der Waals surface area contributed by atoms with E-state index in [4.69, 9.17) is 0 Å². The quantitative estimate of drug-likeness (QED) is 0.786. The summed E-state index contributed by atoms with van der Waals surface area (Å²) < 4.78 is 0. The average molecular weight is 195 g/mol. The Morgan fingerprint density at radius 3 is 2.69 bits per heavy atom. The summed E-state index contributed by atoms with van der Waals surface area (Å²) >= 11 is 1.24. The van der Waals surface area contributed by atoms with Crippen molar-refractivity contribution in [1.82, 2.24) is 0 Å². The van der Waals surface area contributed by atoms with Crippen LogP contribution in [0.25, 0.3) is 0 Å². The predicted molar refractivity (Wildman–Crippen MR) is 58.6 cm³/mol. The molecule has 0 aliphatic carbocycles. The molecule has 0 heterocycles. The van der Waals surface area contributed by atoms with Gasteiger partial charge < -0.3 is 5.32 Å². The third-order valence-corrected chi connectivity index (χ3v) is 2.44. The molecule has 2 nitrogen and oxygen atoms in total. The first-order valence-electron chi connectivity index (χ1n) is 4.05. The van der Waals surface area contributed by atoms with Gasteiger partial charge in [0.15, 0.2) is 0 Å². The van der Waals surface area contributed by atoms with Gasteiger partial charge in [-0.2, -0.15) is 0 Å². The molecular weight excluding hydrogens is 182 g/mol. The standard InChI is InChI=1S/C10H13NOS/c1-7-4-5-9(11-2)8(6-7)10(12)13-3/h4-6,11H,1-3H3.